The fourth-order valence-electron chi connectivity index (χ4n) is 3.04. The van der Waals surface area contributed by atoms with Crippen LogP contribution in [-0.4, -0.2) is 31.0 Å². The number of anilines is 2. The molecule has 0 spiro atoms. The van der Waals surface area contributed by atoms with Crippen LogP contribution in [0.1, 0.15) is 11.4 Å². The summed E-state index contributed by atoms with van der Waals surface area (Å²) in [5, 5.41) is 12.3. The van der Waals surface area contributed by atoms with Crippen LogP contribution in [0.15, 0.2) is 47.5 Å². The molecule has 0 aliphatic carbocycles. The van der Waals surface area contributed by atoms with Crippen LogP contribution in [-0.2, 0) is 6.42 Å². The molecule has 10 heteroatoms. The number of benzene rings is 1. The Balaban J connectivity index is 1.70. The number of pyridine rings is 1. The van der Waals surface area contributed by atoms with Crippen molar-refractivity contribution in [2.45, 2.75) is 6.42 Å². The van der Waals surface area contributed by atoms with Gasteiger partial charge in [-0.1, -0.05) is 6.07 Å². The number of hydrogen-bond donors (Lipinski definition) is 2. The molecule has 0 aliphatic heterocycles. The number of nitriles is 1. The van der Waals surface area contributed by atoms with Crippen molar-refractivity contribution in [1.29, 1.82) is 5.26 Å². The van der Waals surface area contributed by atoms with Crippen molar-refractivity contribution < 1.29 is 4.39 Å². The molecule has 0 radical (unpaired) electrons. The highest BCUT2D eigenvalue weighted by atomic mass is 79.9. The first-order valence-electron chi connectivity index (χ1n) is 8.59. The van der Waals surface area contributed by atoms with Crippen molar-refractivity contribution in [3.8, 4) is 11.8 Å². The van der Waals surface area contributed by atoms with Gasteiger partial charge in [-0.25, -0.2) is 19.3 Å². The molecule has 4 aromatic rings. The molecule has 0 unspecified atom stereocenters. The van der Waals surface area contributed by atoms with E-state index in [1.54, 1.807) is 6.20 Å². The number of fused-ring (bicyclic) bond motifs is 1. The summed E-state index contributed by atoms with van der Waals surface area (Å²) in [6.07, 6.45) is 4.51. The molecule has 0 fully saturated rings. The Morgan fingerprint density at radius 3 is 2.93 bits per heavy atom. The summed E-state index contributed by atoms with van der Waals surface area (Å²) in [7, 11) is 0. The molecule has 0 amide bonds. The van der Waals surface area contributed by atoms with Gasteiger partial charge in [0, 0.05) is 23.5 Å². The summed E-state index contributed by atoms with van der Waals surface area (Å²) < 4.78 is 16.5. The molecule has 3 N–H and O–H groups in total. The van der Waals surface area contributed by atoms with Gasteiger partial charge in [0.05, 0.1) is 29.1 Å². The zero-order valence-corrected chi connectivity index (χ0v) is 16.6. The minimum atomic E-state index is -0.435. The maximum absolute atomic E-state index is 13.8. The number of nitrogens with zero attached hydrogens (tertiary/aromatic N) is 6. The molecule has 1 aromatic carbocycles. The minimum absolute atomic E-state index is 0.118. The summed E-state index contributed by atoms with van der Waals surface area (Å²) in [5.41, 5.74) is 8.06. The number of nitrogens with one attached hydrogen (secondary N) is 1. The van der Waals surface area contributed by atoms with E-state index < -0.39 is 5.82 Å². The summed E-state index contributed by atoms with van der Waals surface area (Å²) in [6.45, 7) is 0.425. The Labute approximate surface area is 173 Å². The number of halogens is 2. The van der Waals surface area contributed by atoms with Gasteiger partial charge in [-0.3, -0.25) is 9.55 Å². The van der Waals surface area contributed by atoms with Crippen molar-refractivity contribution >= 4 is 38.6 Å². The summed E-state index contributed by atoms with van der Waals surface area (Å²) >= 11 is 3.55. The number of imidazole rings is 1. The average Bonchev–Trinajstić information content (AvgIpc) is 3.08. The number of rotatable bonds is 5. The monoisotopic (exact) mass is 452 g/mol. The third-order valence-corrected chi connectivity index (χ3v) is 4.91. The molecule has 3 heterocycles. The van der Waals surface area contributed by atoms with Gasteiger partial charge in [0.2, 0.25) is 0 Å². The standard InChI is InChI=1S/C19H14BrFN8/c20-14-2-1-3-15-17(14)29(12-6-11(21)8-24-9-12)16(28-15)4-5-25-19-13(7-22)18(23)26-10-27-19/h1-3,6,8-10H,4-5H2,(H3,23,25,26,27). The van der Waals surface area contributed by atoms with Gasteiger partial charge in [0.15, 0.2) is 0 Å². The highest BCUT2D eigenvalue weighted by Crippen LogP contribution is 2.28. The lowest BCUT2D eigenvalue weighted by atomic mass is 10.3. The number of aromatic nitrogens is 5. The summed E-state index contributed by atoms with van der Waals surface area (Å²) in [6, 6.07) is 9.08. The second kappa shape index (κ2) is 7.81. The van der Waals surface area contributed by atoms with Crippen LogP contribution < -0.4 is 11.1 Å². The zero-order valence-electron chi connectivity index (χ0n) is 15.0. The zero-order chi connectivity index (χ0) is 20.4. The van der Waals surface area contributed by atoms with Gasteiger partial charge in [0.1, 0.15) is 41.2 Å². The molecule has 0 bridgehead atoms. The first kappa shape index (κ1) is 18.8. The smallest absolute Gasteiger partial charge is 0.149 e. The number of nitrogen functional groups attached to an aromatic ring is 1. The fourth-order valence-corrected chi connectivity index (χ4v) is 3.57. The van der Waals surface area contributed by atoms with Crippen LogP contribution in [0, 0.1) is 17.1 Å². The van der Waals surface area contributed by atoms with Gasteiger partial charge in [-0.05, 0) is 28.1 Å². The van der Waals surface area contributed by atoms with Crippen LogP contribution >= 0.6 is 15.9 Å². The maximum Gasteiger partial charge on any atom is 0.149 e. The van der Waals surface area contributed by atoms with Crippen molar-refractivity contribution in [2.24, 2.45) is 0 Å². The van der Waals surface area contributed by atoms with Gasteiger partial charge >= 0.3 is 0 Å². The second-order valence-corrected chi connectivity index (χ2v) is 6.96. The van der Waals surface area contributed by atoms with Crippen LogP contribution in [0.5, 0.6) is 0 Å². The quantitative estimate of drug-likeness (QED) is 0.476. The molecular weight excluding hydrogens is 439 g/mol. The Bertz CT molecular complexity index is 1250. The third-order valence-electron chi connectivity index (χ3n) is 4.27. The van der Waals surface area contributed by atoms with E-state index in [-0.39, 0.29) is 11.4 Å². The van der Waals surface area contributed by atoms with Crippen LogP contribution in [0.3, 0.4) is 0 Å². The number of nitrogens with two attached hydrogens (primary N) is 1. The van der Waals surface area contributed by atoms with Crippen LogP contribution in [0.2, 0.25) is 0 Å². The number of para-hydroxylation sites is 1. The minimum Gasteiger partial charge on any atom is -0.382 e. The predicted octanol–water partition coefficient (Wildman–Crippen LogP) is 3.22. The molecule has 0 atom stereocenters. The topological polar surface area (TPSA) is 118 Å². The van der Waals surface area contributed by atoms with Crippen molar-refractivity contribution in [3.63, 3.8) is 0 Å². The molecule has 29 heavy (non-hydrogen) atoms. The van der Waals surface area contributed by atoms with E-state index in [0.29, 0.717) is 30.3 Å². The molecule has 0 aliphatic rings. The van der Waals surface area contributed by atoms with Crippen molar-refractivity contribution in [2.75, 3.05) is 17.6 Å². The third kappa shape index (κ3) is 3.60. The van der Waals surface area contributed by atoms with Gasteiger partial charge in [-0.15, -0.1) is 0 Å². The van der Waals surface area contributed by atoms with Crippen LogP contribution in [0.4, 0.5) is 16.0 Å². The molecule has 0 saturated carbocycles. The van der Waals surface area contributed by atoms with Crippen molar-refractivity contribution in [3.05, 3.63) is 64.7 Å². The second-order valence-electron chi connectivity index (χ2n) is 6.10. The fraction of sp³-hybridized carbons (Fsp3) is 0.105. The molecule has 144 valence electrons. The van der Waals surface area contributed by atoms with Crippen LogP contribution in [0.25, 0.3) is 16.7 Å². The van der Waals surface area contributed by atoms with E-state index in [9.17, 15) is 9.65 Å². The van der Waals surface area contributed by atoms with Crippen molar-refractivity contribution in [1.82, 2.24) is 24.5 Å². The highest BCUT2D eigenvalue weighted by molar-refractivity contribution is 9.10. The molecular formula is C19H14BrFN8. The Morgan fingerprint density at radius 1 is 1.28 bits per heavy atom. The average molecular weight is 453 g/mol. The lowest BCUT2D eigenvalue weighted by molar-refractivity contribution is 0.619. The van der Waals surface area contributed by atoms with Gasteiger partial charge in [-0.2, -0.15) is 5.26 Å². The highest BCUT2D eigenvalue weighted by Gasteiger charge is 2.16. The van der Waals surface area contributed by atoms with E-state index >= 15 is 0 Å². The SMILES string of the molecule is N#Cc1c(N)ncnc1NCCc1nc2cccc(Br)c2n1-c1cncc(F)c1. The van der Waals surface area contributed by atoms with Gasteiger partial charge < -0.3 is 11.1 Å². The Morgan fingerprint density at radius 2 is 2.14 bits per heavy atom. The number of hydrogen-bond acceptors (Lipinski definition) is 7. The van der Waals surface area contributed by atoms with E-state index in [0.717, 1.165) is 21.7 Å². The molecule has 3 aromatic heterocycles. The maximum atomic E-state index is 13.8. The van der Waals surface area contributed by atoms with Gasteiger partial charge in [0.25, 0.3) is 0 Å². The Hall–Kier alpha value is -3.58. The molecule has 8 nitrogen and oxygen atoms in total. The summed E-state index contributed by atoms with van der Waals surface area (Å²) in [4.78, 5) is 16.5. The normalized spacial score (nSPS) is 10.8. The van der Waals surface area contributed by atoms with E-state index in [4.69, 9.17) is 10.7 Å². The first-order chi connectivity index (χ1) is 14.1. The van der Waals surface area contributed by atoms with E-state index in [1.807, 2.05) is 28.8 Å². The lowest BCUT2D eigenvalue weighted by Gasteiger charge is -2.11. The predicted molar refractivity (Wildman–Crippen MR) is 110 cm³/mol. The lowest BCUT2D eigenvalue weighted by Crippen LogP contribution is -2.12. The molecule has 4 rings (SSSR count). The first-order valence-corrected chi connectivity index (χ1v) is 9.39. The van der Waals surface area contributed by atoms with E-state index in [1.165, 1.54) is 12.4 Å². The largest absolute Gasteiger partial charge is 0.382 e. The van der Waals surface area contributed by atoms with E-state index in [2.05, 4.69) is 36.2 Å². The summed E-state index contributed by atoms with van der Waals surface area (Å²) in [5.74, 6) is 0.742. The Kier molecular flexibility index (Phi) is 5.05. The molecule has 0 saturated heterocycles.